The fourth-order valence-corrected chi connectivity index (χ4v) is 6.22. The molecule has 62 heavy (non-hydrogen) atoms. The standard InChI is InChI=1S/4C11H22O2.2C5H6/c4*1-10(2)8-6-4-3-5-7-9-11(12)13;2*1-2-4-5-3-1/h4*10H,3-9H2,1-2H3,(H,12,13);2*1-4H,5H2. The average Bonchev–Trinajstić information content (AvgIpc) is 3.97. The molecule has 0 amide bonds. The van der Waals surface area contributed by atoms with Gasteiger partial charge < -0.3 is 20.4 Å². The van der Waals surface area contributed by atoms with Gasteiger partial charge in [0.2, 0.25) is 0 Å². The molecule has 2 aliphatic carbocycles. The van der Waals surface area contributed by atoms with Crippen molar-refractivity contribution in [3.05, 3.63) is 48.6 Å². The van der Waals surface area contributed by atoms with E-state index in [0.717, 1.165) is 87.9 Å². The highest BCUT2D eigenvalue weighted by atomic mass is 16.4. The number of carboxylic acid groups (broad SMARTS) is 4. The lowest BCUT2D eigenvalue weighted by molar-refractivity contribution is -0.138. The van der Waals surface area contributed by atoms with E-state index >= 15 is 0 Å². The predicted octanol–water partition coefficient (Wildman–Crippen LogP) is 16.8. The predicted molar refractivity (Wildman–Crippen MR) is 265 cm³/mol. The van der Waals surface area contributed by atoms with Crippen LogP contribution in [0.3, 0.4) is 0 Å². The van der Waals surface area contributed by atoms with E-state index in [2.05, 4.69) is 104 Å². The fraction of sp³-hybridized carbons (Fsp3) is 0.778. The summed E-state index contributed by atoms with van der Waals surface area (Å²) in [6, 6.07) is 0. The van der Waals surface area contributed by atoms with Gasteiger partial charge in [-0.05, 0) is 62.2 Å². The van der Waals surface area contributed by atoms with Crippen molar-refractivity contribution >= 4 is 23.9 Å². The number of hydrogen-bond acceptors (Lipinski definition) is 4. The van der Waals surface area contributed by atoms with E-state index in [1.165, 1.54) is 103 Å². The molecule has 0 saturated carbocycles. The molecule has 2 rings (SSSR count). The molecule has 0 unspecified atom stereocenters. The first-order valence-corrected chi connectivity index (χ1v) is 25.0. The minimum absolute atomic E-state index is 0.337. The molecule has 8 nitrogen and oxygen atoms in total. The van der Waals surface area contributed by atoms with Crippen LogP contribution in [0.4, 0.5) is 0 Å². The molecule has 2 aliphatic rings. The lowest BCUT2D eigenvalue weighted by Gasteiger charge is -2.03. The Hall–Kier alpha value is -3.16. The molecule has 0 saturated heterocycles. The van der Waals surface area contributed by atoms with Crippen molar-refractivity contribution in [2.24, 2.45) is 23.7 Å². The van der Waals surface area contributed by atoms with Gasteiger partial charge in [-0.2, -0.15) is 0 Å². The van der Waals surface area contributed by atoms with Crippen LogP contribution in [-0.4, -0.2) is 44.3 Å². The normalized spacial score (nSPS) is 11.8. The van der Waals surface area contributed by atoms with Gasteiger partial charge in [0.15, 0.2) is 0 Å². The van der Waals surface area contributed by atoms with E-state index in [4.69, 9.17) is 20.4 Å². The molecule has 8 heteroatoms. The molecular formula is C54H100O8. The molecule has 0 bridgehead atoms. The Kier molecular flexibility index (Phi) is 57.0. The molecular weight excluding hydrogens is 777 g/mol. The third-order valence-electron chi connectivity index (χ3n) is 10.00. The summed E-state index contributed by atoms with van der Waals surface area (Å²) in [5.41, 5.74) is 0. The van der Waals surface area contributed by atoms with Crippen LogP contribution in [0.2, 0.25) is 0 Å². The van der Waals surface area contributed by atoms with E-state index in [-0.39, 0.29) is 0 Å². The molecule has 4 N–H and O–H groups in total. The maximum atomic E-state index is 10.2. The molecule has 0 aromatic carbocycles. The molecule has 0 fully saturated rings. The van der Waals surface area contributed by atoms with Gasteiger partial charge in [0.1, 0.15) is 0 Å². The van der Waals surface area contributed by atoms with E-state index in [1.54, 1.807) is 0 Å². The molecule has 0 spiro atoms. The number of hydrogen-bond donors (Lipinski definition) is 4. The van der Waals surface area contributed by atoms with Crippen LogP contribution >= 0.6 is 0 Å². The number of unbranched alkanes of at least 4 members (excludes halogenated alkanes) is 16. The third kappa shape index (κ3) is 80.8. The fourth-order valence-electron chi connectivity index (χ4n) is 6.22. The minimum atomic E-state index is -0.665. The summed E-state index contributed by atoms with van der Waals surface area (Å²) in [6.07, 6.45) is 48.3. The Bertz CT molecular complexity index is 930. The number of allylic oxidation sites excluding steroid dienone is 8. The SMILES string of the molecule is C1=CCC=C1.C1=CCC=C1.CC(C)CCCCCCCC(=O)O.CC(C)CCCCCCCC(=O)O.CC(C)CCCCCCCC(=O)O.CC(C)CCCCCCCC(=O)O. The first-order valence-electron chi connectivity index (χ1n) is 25.0. The van der Waals surface area contributed by atoms with Crippen LogP contribution in [0.1, 0.15) is 248 Å². The summed E-state index contributed by atoms with van der Waals surface area (Å²) in [5.74, 6) is 0.560. The third-order valence-corrected chi connectivity index (χ3v) is 10.00. The minimum Gasteiger partial charge on any atom is -0.481 e. The molecule has 0 aliphatic heterocycles. The number of carboxylic acids is 4. The molecule has 364 valence electrons. The van der Waals surface area contributed by atoms with Crippen LogP contribution in [0.15, 0.2) is 48.6 Å². The highest BCUT2D eigenvalue weighted by Gasteiger charge is 2.01. The van der Waals surface area contributed by atoms with Crippen LogP contribution < -0.4 is 0 Å². The lowest BCUT2D eigenvalue weighted by atomic mass is 10.0. The van der Waals surface area contributed by atoms with Gasteiger partial charge in [0.25, 0.3) is 0 Å². The van der Waals surface area contributed by atoms with Gasteiger partial charge in [-0.1, -0.05) is 232 Å². The molecule has 0 aromatic heterocycles. The zero-order chi connectivity index (χ0) is 47.5. The zero-order valence-corrected chi connectivity index (χ0v) is 41.6. The van der Waals surface area contributed by atoms with E-state index in [1.807, 2.05) is 0 Å². The molecule has 0 heterocycles. The molecule has 0 atom stereocenters. The smallest absolute Gasteiger partial charge is 0.303 e. The number of aliphatic carboxylic acids is 4. The monoisotopic (exact) mass is 877 g/mol. The van der Waals surface area contributed by atoms with Crippen molar-refractivity contribution in [1.29, 1.82) is 0 Å². The second-order valence-electron chi connectivity index (χ2n) is 18.6. The van der Waals surface area contributed by atoms with Gasteiger partial charge in [-0.3, -0.25) is 19.2 Å². The average molecular weight is 877 g/mol. The van der Waals surface area contributed by atoms with Crippen LogP contribution in [0.25, 0.3) is 0 Å². The number of rotatable bonds is 32. The Morgan fingerprint density at radius 3 is 0.597 bits per heavy atom. The van der Waals surface area contributed by atoms with E-state index < -0.39 is 23.9 Å². The van der Waals surface area contributed by atoms with Crippen LogP contribution in [-0.2, 0) is 19.2 Å². The highest BCUT2D eigenvalue weighted by Crippen LogP contribution is 2.14. The van der Waals surface area contributed by atoms with Crippen LogP contribution in [0.5, 0.6) is 0 Å². The highest BCUT2D eigenvalue weighted by molar-refractivity contribution is 5.67. The van der Waals surface area contributed by atoms with Crippen molar-refractivity contribution in [1.82, 2.24) is 0 Å². The van der Waals surface area contributed by atoms with Crippen molar-refractivity contribution in [3.63, 3.8) is 0 Å². The summed E-state index contributed by atoms with van der Waals surface area (Å²) in [6.45, 7) is 17.9. The summed E-state index contributed by atoms with van der Waals surface area (Å²) >= 11 is 0. The van der Waals surface area contributed by atoms with Crippen molar-refractivity contribution < 1.29 is 39.6 Å². The Morgan fingerprint density at radius 1 is 0.306 bits per heavy atom. The van der Waals surface area contributed by atoms with Crippen LogP contribution in [0, 0.1) is 23.7 Å². The molecule has 0 radical (unpaired) electrons. The second-order valence-corrected chi connectivity index (χ2v) is 18.6. The van der Waals surface area contributed by atoms with E-state index in [0.29, 0.717) is 25.7 Å². The number of carbonyl (C=O) groups is 4. The largest absolute Gasteiger partial charge is 0.481 e. The maximum Gasteiger partial charge on any atom is 0.303 e. The Balaban J connectivity index is -0.000000335. The lowest BCUT2D eigenvalue weighted by Crippen LogP contribution is -1.93. The maximum absolute atomic E-state index is 10.2. The van der Waals surface area contributed by atoms with E-state index in [9.17, 15) is 19.2 Å². The van der Waals surface area contributed by atoms with Crippen molar-refractivity contribution in [2.75, 3.05) is 0 Å². The van der Waals surface area contributed by atoms with Crippen molar-refractivity contribution in [2.45, 2.75) is 248 Å². The molecule has 0 aromatic rings. The second kappa shape index (κ2) is 54.0. The quantitative estimate of drug-likeness (QED) is 0.0488. The summed E-state index contributed by atoms with van der Waals surface area (Å²) in [4.78, 5) is 40.7. The van der Waals surface area contributed by atoms with Gasteiger partial charge >= 0.3 is 23.9 Å². The first-order chi connectivity index (χ1) is 29.5. The zero-order valence-electron chi connectivity index (χ0n) is 41.6. The Labute approximate surface area is 382 Å². The van der Waals surface area contributed by atoms with Gasteiger partial charge in [-0.25, -0.2) is 0 Å². The summed E-state index contributed by atoms with van der Waals surface area (Å²) in [7, 11) is 0. The Morgan fingerprint density at radius 2 is 0.468 bits per heavy atom. The summed E-state index contributed by atoms with van der Waals surface area (Å²) in [5, 5.41) is 33.6. The summed E-state index contributed by atoms with van der Waals surface area (Å²) < 4.78 is 0. The van der Waals surface area contributed by atoms with Crippen molar-refractivity contribution in [3.8, 4) is 0 Å². The first kappa shape index (κ1) is 65.5. The van der Waals surface area contributed by atoms with Gasteiger partial charge in [0, 0.05) is 25.7 Å². The van der Waals surface area contributed by atoms with Gasteiger partial charge in [0.05, 0.1) is 0 Å². The topological polar surface area (TPSA) is 149 Å². The van der Waals surface area contributed by atoms with Gasteiger partial charge in [-0.15, -0.1) is 0 Å².